The van der Waals surface area contributed by atoms with E-state index in [9.17, 15) is 14.4 Å². The molecule has 1 aliphatic carbocycles. The van der Waals surface area contributed by atoms with Gasteiger partial charge in [0.2, 0.25) is 11.8 Å². The molecule has 1 saturated heterocycles. The normalized spacial score (nSPS) is 21.9. The molecule has 26 heavy (non-hydrogen) atoms. The molecule has 1 heterocycles. The number of nitrogens with one attached hydrogen (secondary N) is 1. The van der Waals surface area contributed by atoms with Crippen LogP contribution < -0.4 is 5.32 Å². The maximum absolute atomic E-state index is 12.6. The maximum atomic E-state index is 12.6. The quantitative estimate of drug-likeness (QED) is 0.869. The minimum Gasteiger partial charge on any atom is -0.450 e. The van der Waals surface area contributed by atoms with Gasteiger partial charge in [-0.25, -0.2) is 4.79 Å². The molecule has 7 nitrogen and oxygen atoms in total. The van der Waals surface area contributed by atoms with Crippen molar-refractivity contribution in [2.45, 2.75) is 13.3 Å². The van der Waals surface area contributed by atoms with Gasteiger partial charge in [0.15, 0.2) is 0 Å². The largest absolute Gasteiger partial charge is 0.450 e. The van der Waals surface area contributed by atoms with Crippen molar-refractivity contribution in [1.29, 1.82) is 0 Å². The first kappa shape index (κ1) is 18.5. The Bertz CT molecular complexity index is 703. The van der Waals surface area contributed by atoms with Crippen LogP contribution in [0, 0.1) is 11.8 Å². The molecule has 0 spiro atoms. The van der Waals surface area contributed by atoms with Crippen molar-refractivity contribution in [3.05, 3.63) is 29.3 Å². The van der Waals surface area contributed by atoms with E-state index < -0.39 is 0 Å². The van der Waals surface area contributed by atoms with Gasteiger partial charge < -0.3 is 19.9 Å². The summed E-state index contributed by atoms with van der Waals surface area (Å²) in [6.07, 6.45) is 0.216. The summed E-state index contributed by atoms with van der Waals surface area (Å²) in [6.45, 7) is 3.95. The van der Waals surface area contributed by atoms with Crippen LogP contribution in [-0.4, -0.2) is 60.5 Å². The third-order valence-corrected chi connectivity index (χ3v) is 4.89. The summed E-state index contributed by atoms with van der Waals surface area (Å²) in [5.41, 5.74) is 0.628. The first-order valence-electron chi connectivity index (χ1n) is 8.76. The first-order chi connectivity index (χ1) is 12.5. The van der Waals surface area contributed by atoms with Gasteiger partial charge in [0.05, 0.1) is 18.4 Å². The summed E-state index contributed by atoms with van der Waals surface area (Å²) in [4.78, 5) is 39.9. The van der Waals surface area contributed by atoms with Gasteiger partial charge in [-0.05, 0) is 31.5 Å². The van der Waals surface area contributed by atoms with Gasteiger partial charge in [0.1, 0.15) is 0 Å². The molecule has 1 N–H and O–H groups in total. The molecule has 140 valence electrons. The molecule has 3 amide bonds. The predicted octanol–water partition coefficient (Wildman–Crippen LogP) is 2.22. The minimum atomic E-state index is -0.343. The van der Waals surface area contributed by atoms with Crippen LogP contribution in [-0.2, 0) is 14.3 Å². The zero-order valence-electron chi connectivity index (χ0n) is 14.6. The van der Waals surface area contributed by atoms with Crippen LogP contribution >= 0.6 is 11.6 Å². The van der Waals surface area contributed by atoms with Crippen LogP contribution in [0.2, 0.25) is 5.02 Å². The van der Waals surface area contributed by atoms with Crippen LogP contribution in [0.15, 0.2) is 24.3 Å². The molecule has 2 aliphatic rings. The number of carbonyl (C=O) groups excluding carboxylic acids is 3. The third kappa shape index (κ3) is 4.27. The van der Waals surface area contributed by atoms with Crippen molar-refractivity contribution in [2.24, 2.45) is 11.8 Å². The molecule has 0 radical (unpaired) electrons. The van der Waals surface area contributed by atoms with E-state index in [1.54, 1.807) is 41.0 Å². The topological polar surface area (TPSA) is 79.0 Å². The highest BCUT2D eigenvalue weighted by molar-refractivity contribution is 6.30. The number of amides is 3. The second kappa shape index (κ2) is 7.95. The Morgan fingerprint density at radius 1 is 1.15 bits per heavy atom. The van der Waals surface area contributed by atoms with E-state index in [2.05, 4.69) is 5.32 Å². The number of hydrogen-bond donors (Lipinski definition) is 1. The zero-order chi connectivity index (χ0) is 18.7. The van der Waals surface area contributed by atoms with Gasteiger partial charge in [-0.3, -0.25) is 9.59 Å². The van der Waals surface area contributed by atoms with Crippen molar-refractivity contribution < 1.29 is 19.1 Å². The zero-order valence-corrected chi connectivity index (χ0v) is 15.4. The summed E-state index contributed by atoms with van der Waals surface area (Å²) in [7, 11) is 0. The van der Waals surface area contributed by atoms with Gasteiger partial charge in [0.25, 0.3) is 0 Å². The molecule has 1 aromatic rings. The fraction of sp³-hybridized carbons (Fsp3) is 0.500. The summed E-state index contributed by atoms with van der Waals surface area (Å²) in [6, 6.07) is 6.93. The number of hydrogen-bond acceptors (Lipinski definition) is 4. The van der Waals surface area contributed by atoms with E-state index in [0.717, 1.165) is 0 Å². The molecule has 0 bridgehead atoms. The monoisotopic (exact) mass is 379 g/mol. The number of nitrogens with zero attached hydrogens (tertiary/aromatic N) is 2. The number of piperazine rings is 1. The van der Waals surface area contributed by atoms with E-state index in [0.29, 0.717) is 49.9 Å². The van der Waals surface area contributed by atoms with Crippen LogP contribution in [0.4, 0.5) is 10.5 Å². The van der Waals surface area contributed by atoms with Crippen molar-refractivity contribution in [1.82, 2.24) is 9.80 Å². The smallest absolute Gasteiger partial charge is 0.409 e. The number of carbonyl (C=O) groups is 3. The van der Waals surface area contributed by atoms with Crippen molar-refractivity contribution >= 4 is 35.2 Å². The lowest BCUT2D eigenvalue weighted by Gasteiger charge is -2.34. The first-order valence-corrected chi connectivity index (χ1v) is 9.14. The third-order valence-electron chi connectivity index (χ3n) is 4.65. The minimum absolute atomic E-state index is 0.0141. The lowest BCUT2D eigenvalue weighted by Crippen LogP contribution is -2.51. The van der Waals surface area contributed by atoms with Gasteiger partial charge in [0, 0.05) is 36.9 Å². The molecule has 3 rings (SSSR count). The average Bonchev–Trinajstić information content (AvgIpc) is 3.42. The Kier molecular flexibility index (Phi) is 5.66. The number of ether oxygens (including phenoxy) is 1. The van der Waals surface area contributed by atoms with E-state index in [1.165, 1.54) is 0 Å². The Balaban J connectivity index is 1.47. The van der Waals surface area contributed by atoms with E-state index in [-0.39, 0.29) is 29.7 Å². The number of halogens is 1. The SMILES string of the molecule is CCOC(=O)N1CCN(C(=O)C2CC2C(=O)Nc2cccc(Cl)c2)CC1. The molecule has 2 unspecified atom stereocenters. The van der Waals surface area contributed by atoms with E-state index in [1.807, 2.05) is 0 Å². The molecule has 2 fully saturated rings. The predicted molar refractivity (Wildman–Crippen MR) is 96.9 cm³/mol. The van der Waals surface area contributed by atoms with Crippen LogP contribution in [0.5, 0.6) is 0 Å². The molecule has 1 aliphatic heterocycles. The Morgan fingerprint density at radius 2 is 1.85 bits per heavy atom. The second-order valence-electron chi connectivity index (χ2n) is 6.46. The molecular formula is C18H22ClN3O4. The highest BCUT2D eigenvalue weighted by atomic mass is 35.5. The van der Waals surface area contributed by atoms with Crippen LogP contribution in [0.25, 0.3) is 0 Å². The molecule has 8 heteroatoms. The Morgan fingerprint density at radius 3 is 2.50 bits per heavy atom. The highest BCUT2D eigenvalue weighted by Gasteiger charge is 2.49. The van der Waals surface area contributed by atoms with Gasteiger partial charge >= 0.3 is 6.09 Å². The van der Waals surface area contributed by atoms with Crippen LogP contribution in [0.1, 0.15) is 13.3 Å². The van der Waals surface area contributed by atoms with E-state index in [4.69, 9.17) is 16.3 Å². The van der Waals surface area contributed by atoms with Gasteiger partial charge in [-0.2, -0.15) is 0 Å². The number of benzene rings is 1. The van der Waals surface area contributed by atoms with Gasteiger partial charge in [-0.1, -0.05) is 17.7 Å². The second-order valence-corrected chi connectivity index (χ2v) is 6.90. The molecule has 1 saturated carbocycles. The summed E-state index contributed by atoms with van der Waals surface area (Å²) < 4.78 is 4.97. The van der Waals surface area contributed by atoms with E-state index >= 15 is 0 Å². The van der Waals surface area contributed by atoms with Crippen molar-refractivity contribution in [3.63, 3.8) is 0 Å². The fourth-order valence-electron chi connectivity index (χ4n) is 3.12. The van der Waals surface area contributed by atoms with Gasteiger partial charge in [-0.15, -0.1) is 0 Å². The number of anilines is 1. The average molecular weight is 380 g/mol. The molecule has 2 atom stereocenters. The summed E-state index contributed by atoms with van der Waals surface area (Å²) in [5, 5.41) is 3.35. The number of rotatable bonds is 4. The van der Waals surface area contributed by atoms with Crippen molar-refractivity contribution in [2.75, 3.05) is 38.1 Å². The van der Waals surface area contributed by atoms with Crippen LogP contribution in [0.3, 0.4) is 0 Å². The fourth-order valence-corrected chi connectivity index (χ4v) is 3.31. The molecule has 1 aromatic carbocycles. The Hall–Kier alpha value is -2.28. The summed E-state index contributed by atoms with van der Waals surface area (Å²) >= 11 is 5.91. The Labute approximate surface area is 157 Å². The lowest BCUT2D eigenvalue weighted by molar-refractivity contribution is -0.135. The molecule has 0 aromatic heterocycles. The molecular weight excluding hydrogens is 358 g/mol. The highest BCUT2D eigenvalue weighted by Crippen LogP contribution is 2.41. The maximum Gasteiger partial charge on any atom is 0.409 e. The van der Waals surface area contributed by atoms with Crippen molar-refractivity contribution in [3.8, 4) is 0 Å². The summed E-state index contributed by atoms with van der Waals surface area (Å²) in [5.74, 6) is -0.747. The lowest BCUT2D eigenvalue weighted by atomic mass is 10.2. The standard InChI is InChI=1S/C18H22ClN3O4/c1-2-26-18(25)22-8-6-21(7-9-22)17(24)15-11-14(15)16(23)20-13-5-3-4-12(19)10-13/h3-5,10,14-15H,2,6-9,11H2,1H3,(H,20,23).